The Morgan fingerprint density at radius 3 is 2.41 bits per heavy atom. The largest absolute Gasteiger partial charge is 0.444 e. The molecule has 3 rings (SSSR count). The molecule has 1 aromatic carbocycles. The molecule has 1 atom stereocenters. The van der Waals surface area contributed by atoms with Gasteiger partial charge in [0.05, 0.1) is 18.8 Å². The van der Waals surface area contributed by atoms with Crippen molar-refractivity contribution in [2.75, 3.05) is 31.6 Å². The van der Waals surface area contributed by atoms with E-state index in [1.807, 2.05) is 13.0 Å². The molecule has 1 aliphatic rings. The van der Waals surface area contributed by atoms with E-state index in [-0.39, 0.29) is 11.8 Å². The van der Waals surface area contributed by atoms with Crippen LogP contribution in [0.5, 0.6) is 0 Å². The van der Waals surface area contributed by atoms with Crippen LogP contribution in [0.1, 0.15) is 39.4 Å². The van der Waals surface area contributed by atoms with Crippen molar-refractivity contribution in [1.29, 1.82) is 0 Å². The number of amides is 2. The van der Waals surface area contributed by atoms with Crippen molar-refractivity contribution < 1.29 is 23.9 Å². The molecule has 7 nitrogen and oxygen atoms in total. The van der Waals surface area contributed by atoms with Crippen LogP contribution in [0, 0.1) is 13.8 Å². The fourth-order valence-electron chi connectivity index (χ4n) is 3.13. The molecule has 2 heterocycles. The Balaban J connectivity index is 1.91. The number of carbonyl (C=O) groups excluding carboxylic acids is 3. The number of esters is 1. The van der Waals surface area contributed by atoms with Gasteiger partial charge in [0.15, 0.2) is 0 Å². The van der Waals surface area contributed by atoms with Gasteiger partial charge in [-0.2, -0.15) is 0 Å². The molecule has 1 aliphatic heterocycles. The number of anilines is 1. The molecule has 1 fully saturated rings. The Kier molecular flexibility index (Phi) is 6.66. The van der Waals surface area contributed by atoms with Gasteiger partial charge in [0.25, 0.3) is 5.91 Å². The van der Waals surface area contributed by atoms with Crippen LogP contribution in [0.3, 0.4) is 0 Å². The SMILES string of the molecule is CC(=O)Nc1sc(C)c(C)c1C(=O)O[C@@H](C(=O)N1CCOCC1)c1ccccc1. The minimum absolute atomic E-state index is 0.274. The molecular formula is C21H24N2O5S. The van der Waals surface area contributed by atoms with Crippen molar-refractivity contribution in [1.82, 2.24) is 4.90 Å². The van der Waals surface area contributed by atoms with Crippen LogP contribution in [0.15, 0.2) is 30.3 Å². The highest BCUT2D eigenvalue weighted by atomic mass is 32.1. The van der Waals surface area contributed by atoms with Gasteiger partial charge >= 0.3 is 5.97 Å². The highest BCUT2D eigenvalue weighted by Gasteiger charge is 2.32. The maximum absolute atomic E-state index is 13.1. The second-order valence-corrected chi connectivity index (χ2v) is 8.03. The Morgan fingerprint density at radius 2 is 1.79 bits per heavy atom. The normalized spacial score (nSPS) is 14.9. The molecule has 0 aliphatic carbocycles. The maximum atomic E-state index is 13.1. The summed E-state index contributed by atoms with van der Waals surface area (Å²) in [4.78, 5) is 40.3. The van der Waals surface area contributed by atoms with E-state index in [1.165, 1.54) is 18.3 Å². The summed E-state index contributed by atoms with van der Waals surface area (Å²) < 4.78 is 11.1. The number of hydrogen-bond acceptors (Lipinski definition) is 6. The van der Waals surface area contributed by atoms with Crippen LogP contribution in [0.2, 0.25) is 0 Å². The third-order valence-corrected chi connectivity index (χ3v) is 5.88. The van der Waals surface area contributed by atoms with Crippen LogP contribution >= 0.6 is 11.3 Å². The Labute approximate surface area is 173 Å². The Morgan fingerprint density at radius 1 is 1.14 bits per heavy atom. The number of thiophene rings is 1. The van der Waals surface area contributed by atoms with Gasteiger partial charge in [0.2, 0.25) is 12.0 Å². The van der Waals surface area contributed by atoms with Crippen LogP contribution in [0.4, 0.5) is 5.00 Å². The Hall–Kier alpha value is -2.71. The van der Waals surface area contributed by atoms with Gasteiger partial charge in [-0.25, -0.2) is 4.79 Å². The lowest BCUT2D eigenvalue weighted by atomic mass is 10.1. The topological polar surface area (TPSA) is 84.9 Å². The molecule has 0 saturated carbocycles. The number of ether oxygens (including phenoxy) is 2. The number of morpholine rings is 1. The summed E-state index contributed by atoms with van der Waals surface area (Å²) in [5, 5.41) is 3.12. The van der Waals surface area contributed by atoms with E-state index in [1.54, 1.807) is 36.1 Å². The van der Waals surface area contributed by atoms with Gasteiger partial charge in [-0.3, -0.25) is 9.59 Å². The summed E-state index contributed by atoms with van der Waals surface area (Å²) >= 11 is 1.31. The lowest BCUT2D eigenvalue weighted by Crippen LogP contribution is -2.44. The van der Waals surface area contributed by atoms with Crippen LogP contribution < -0.4 is 5.32 Å². The number of rotatable bonds is 5. The lowest BCUT2D eigenvalue weighted by Gasteiger charge is -2.30. The minimum Gasteiger partial charge on any atom is -0.444 e. The predicted octanol–water partition coefficient (Wildman–Crippen LogP) is 3.08. The zero-order valence-electron chi connectivity index (χ0n) is 16.7. The summed E-state index contributed by atoms with van der Waals surface area (Å²) in [7, 11) is 0. The quantitative estimate of drug-likeness (QED) is 0.757. The van der Waals surface area contributed by atoms with E-state index < -0.39 is 12.1 Å². The van der Waals surface area contributed by atoms with E-state index in [2.05, 4.69) is 5.32 Å². The number of carbonyl (C=O) groups is 3. The number of hydrogen-bond donors (Lipinski definition) is 1. The smallest absolute Gasteiger partial charge is 0.342 e. The van der Waals surface area contributed by atoms with Crippen molar-refractivity contribution >= 4 is 34.1 Å². The van der Waals surface area contributed by atoms with Crippen molar-refractivity contribution in [3.8, 4) is 0 Å². The van der Waals surface area contributed by atoms with E-state index >= 15 is 0 Å². The predicted molar refractivity (Wildman–Crippen MR) is 110 cm³/mol. The maximum Gasteiger partial charge on any atom is 0.342 e. The number of aryl methyl sites for hydroxylation is 1. The first-order chi connectivity index (χ1) is 13.9. The van der Waals surface area contributed by atoms with Gasteiger partial charge in [-0.1, -0.05) is 30.3 Å². The van der Waals surface area contributed by atoms with Gasteiger partial charge in [0, 0.05) is 30.5 Å². The number of nitrogens with zero attached hydrogens (tertiary/aromatic N) is 1. The van der Waals surface area contributed by atoms with E-state index in [9.17, 15) is 14.4 Å². The van der Waals surface area contributed by atoms with Gasteiger partial charge < -0.3 is 19.7 Å². The zero-order chi connectivity index (χ0) is 21.0. The monoisotopic (exact) mass is 416 g/mol. The molecule has 2 amide bonds. The van der Waals surface area contributed by atoms with Crippen LogP contribution in [-0.4, -0.2) is 49.0 Å². The van der Waals surface area contributed by atoms with Gasteiger partial charge in [-0.05, 0) is 19.4 Å². The minimum atomic E-state index is -1.06. The molecule has 1 aromatic heterocycles. The number of nitrogens with one attached hydrogen (secondary N) is 1. The molecule has 0 spiro atoms. The molecule has 2 aromatic rings. The fourth-order valence-corrected chi connectivity index (χ4v) is 4.22. The van der Waals surface area contributed by atoms with Crippen molar-refractivity contribution in [3.63, 3.8) is 0 Å². The van der Waals surface area contributed by atoms with Crippen molar-refractivity contribution in [3.05, 3.63) is 51.9 Å². The second kappa shape index (κ2) is 9.19. The highest BCUT2D eigenvalue weighted by Crippen LogP contribution is 2.34. The van der Waals surface area contributed by atoms with Crippen LogP contribution in [-0.2, 0) is 19.1 Å². The molecular weight excluding hydrogens is 392 g/mol. The lowest BCUT2D eigenvalue weighted by molar-refractivity contribution is -0.145. The zero-order valence-corrected chi connectivity index (χ0v) is 17.5. The van der Waals surface area contributed by atoms with E-state index in [4.69, 9.17) is 9.47 Å². The summed E-state index contributed by atoms with van der Waals surface area (Å²) in [5.41, 5.74) is 1.62. The summed E-state index contributed by atoms with van der Waals surface area (Å²) in [6.45, 7) is 6.87. The van der Waals surface area contributed by atoms with Crippen LogP contribution in [0.25, 0.3) is 0 Å². The first-order valence-electron chi connectivity index (χ1n) is 9.38. The van der Waals surface area contributed by atoms with E-state index in [0.717, 1.165) is 10.4 Å². The average Bonchev–Trinajstić information content (AvgIpc) is 2.99. The molecule has 0 unspecified atom stereocenters. The Bertz CT molecular complexity index is 903. The molecule has 29 heavy (non-hydrogen) atoms. The molecule has 0 bridgehead atoms. The van der Waals surface area contributed by atoms with Gasteiger partial charge in [0.1, 0.15) is 5.00 Å². The van der Waals surface area contributed by atoms with Crippen molar-refractivity contribution in [2.45, 2.75) is 26.9 Å². The fraction of sp³-hybridized carbons (Fsp3) is 0.381. The molecule has 0 radical (unpaired) electrons. The first kappa shape index (κ1) is 21.0. The standard InChI is InChI=1S/C21H24N2O5S/c1-13-14(2)29-19(22-15(3)24)17(13)21(26)28-18(16-7-5-4-6-8-16)20(25)23-9-11-27-12-10-23/h4-8,18H,9-12H2,1-3H3,(H,22,24)/t18-/m1/s1. The van der Waals surface area contributed by atoms with Crippen molar-refractivity contribution in [2.24, 2.45) is 0 Å². The van der Waals surface area contributed by atoms with E-state index in [0.29, 0.717) is 42.4 Å². The second-order valence-electron chi connectivity index (χ2n) is 6.80. The first-order valence-corrected chi connectivity index (χ1v) is 10.2. The third-order valence-electron chi connectivity index (χ3n) is 4.75. The highest BCUT2D eigenvalue weighted by molar-refractivity contribution is 7.16. The molecule has 1 saturated heterocycles. The number of benzene rings is 1. The van der Waals surface area contributed by atoms with Gasteiger partial charge in [-0.15, -0.1) is 11.3 Å². The molecule has 1 N–H and O–H groups in total. The summed E-state index contributed by atoms with van der Waals surface area (Å²) in [6, 6.07) is 8.95. The molecule has 8 heteroatoms. The summed E-state index contributed by atoms with van der Waals surface area (Å²) in [5.74, 6) is -1.19. The third kappa shape index (κ3) is 4.83. The summed E-state index contributed by atoms with van der Waals surface area (Å²) in [6.07, 6.45) is -1.06. The average molecular weight is 416 g/mol. The molecule has 154 valence electrons.